The maximum Gasteiger partial charge on any atom is 0.164 e. The van der Waals surface area contributed by atoms with Crippen LogP contribution in [0.1, 0.15) is 44.6 Å². The van der Waals surface area contributed by atoms with Crippen molar-refractivity contribution in [3.05, 3.63) is 29.8 Å². The Kier molecular flexibility index (Phi) is 8.81. The summed E-state index contributed by atoms with van der Waals surface area (Å²) in [6.45, 7) is 7.98. The molecule has 2 atom stereocenters. The lowest BCUT2D eigenvalue weighted by Crippen LogP contribution is -2.50. The minimum atomic E-state index is -0.559. The number of hydrogen-bond acceptors (Lipinski definition) is 8. The summed E-state index contributed by atoms with van der Waals surface area (Å²) in [5.41, 5.74) is 2.08. The molecule has 3 N–H and O–H groups in total. The second kappa shape index (κ2) is 12.0. The number of rotatable bonds is 9. The highest BCUT2D eigenvalue weighted by molar-refractivity contribution is 5.68. The van der Waals surface area contributed by atoms with Crippen LogP contribution in [0.2, 0.25) is 0 Å². The van der Waals surface area contributed by atoms with Crippen molar-refractivity contribution in [1.82, 2.24) is 20.6 Å². The molecular weight excluding hydrogens is 440 g/mol. The topological polar surface area (TPSA) is 85.8 Å². The van der Waals surface area contributed by atoms with Crippen molar-refractivity contribution < 1.29 is 9.84 Å². The van der Waals surface area contributed by atoms with E-state index in [1.54, 1.807) is 0 Å². The van der Waals surface area contributed by atoms with Crippen LogP contribution in [0.5, 0.6) is 5.75 Å². The number of aliphatic hydroxyl groups is 1. The van der Waals surface area contributed by atoms with Crippen molar-refractivity contribution in [3.8, 4) is 17.1 Å². The molecule has 0 spiro atoms. The van der Waals surface area contributed by atoms with E-state index in [9.17, 15) is 5.11 Å². The third-order valence-electron chi connectivity index (χ3n) is 7.30. The van der Waals surface area contributed by atoms with Crippen molar-refractivity contribution in [3.63, 3.8) is 0 Å². The van der Waals surface area contributed by atoms with E-state index in [-0.39, 0.29) is 6.61 Å². The SMILES string of the molecule is CNCC(O)COc1cccc(-c2nc(N(C)C3CCCCC3)c(C)c(N3CCNC[C@@H]3C)n2)c1. The first-order valence-corrected chi connectivity index (χ1v) is 13.1. The number of aromatic nitrogens is 2. The highest BCUT2D eigenvalue weighted by Crippen LogP contribution is 2.34. The van der Waals surface area contributed by atoms with Crippen LogP contribution in [0.3, 0.4) is 0 Å². The van der Waals surface area contributed by atoms with E-state index in [1.807, 2.05) is 31.3 Å². The van der Waals surface area contributed by atoms with Crippen LogP contribution < -0.4 is 25.2 Å². The Labute approximate surface area is 210 Å². The maximum atomic E-state index is 10.0. The molecule has 1 aromatic carbocycles. The molecule has 2 aliphatic rings. The number of nitrogens with one attached hydrogen (secondary N) is 2. The molecule has 2 fully saturated rings. The summed E-state index contributed by atoms with van der Waals surface area (Å²) in [5, 5.41) is 16.5. The second-order valence-electron chi connectivity index (χ2n) is 10.0. The highest BCUT2D eigenvalue weighted by Gasteiger charge is 2.27. The first-order valence-electron chi connectivity index (χ1n) is 13.1. The van der Waals surface area contributed by atoms with E-state index >= 15 is 0 Å². The monoisotopic (exact) mass is 482 g/mol. The number of benzene rings is 1. The average molecular weight is 483 g/mol. The lowest BCUT2D eigenvalue weighted by molar-refractivity contribution is 0.108. The average Bonchev–Trinajstić information content (AvgIpc) is 2.88. The molecular formula is C27H42N6O2. The zero-order chi connectivity index (χ0) is 24.8. The van der Waals surface area contributed by atoms with E-state index in [2.05, 4.69) is 41.3 Å². The Balaban J connectivity index is 1.69. The lowest BCUT2D eigenvalue weighted by Gasteiger charge is -2.38. The van der Waals surface area contributed by atoms with Gasteiger partial charge >= 0.3 is 0 Å². The summed E-state index contributed by atoms with van der Waals surface area (Å²) < 4.78 is 5.87. The lowest BCUT2D eigenvalue weighted by atomic mass is 9.94. The third kappa shape index (κ3) is 6.23. The molecule has 0 amide bonds. The van der Waals surface area contributed by atoms with Crippen LogP contribution >= 0.6 is 0 Å². The molecule has 192 valence electrons. The van der Waals surface area contributed by atoms with Crippen LogP contribution in [-0.2, 0) is 0 Å². The predicted molar refractivity (Wildman–Crippen MR) is 143 cm³/mol. The van der Waals surface area contributed by atoms with Gasteiger partial charge in [0.15, 0.2) is 5.82 Å². The van der Waals surface area contributed by atoms with Gasteiger partial charge in [0.25, 0.3) is 0 Å². The Hall–Kier alpha value is -2.42. The summed E-state index contributed by atoms with van der Waals surface area (Å²) >= 11 is 0. The molecule has 4 rings (SSSR count). The van der Waals surface area contributed by atoms with Crippen molar-refractivity contribution in [2.45, 2.75) is 64.1 Å². The van der Waals surface area contributed by atoms with Gasteiger partial charge in [-0.05, 0) is 45.9 Å². The van der Waals surface area contributed by atoms with Crippen LogP contribution in [0, 0.1) is 6.92 Å². The van der Waals surface area contributed by atoms with E-state index < -0.39 is 6.10 Å². The molecule has 1 aliphatic carbocycles. The van der Waals surface area contributed by atoms with Gasteiger partial charge in [0.1, 0.15) is 30.1 Å². The molecule has 0 radical (unpaired) electrons. The fourth-order valence-corrected chi connectivity index (χ4v) is 5.25. The van der Waals surface area contributed by atoms with E-state index in [0.29, 0.717) is 24.4 Å². The van der Waals surface area contributed by atoms with Crippen LogP contribution in [-0.4, -0.2) is 80.1 Å². The fraction of sp³-hybridized carbons (Fsp3) is 0.630. The third-order valence-corrected chi connectivity index (χ3v) is 7.30. The second-order valence-corrected chi connectivity index (χ2v) is 10.0. The Morgan fingerprint density at radius 3 is 2.80 bits per heavy atom. The van der Waals surface area contributed by atoms with Crippen molar-refractivity contribution in [2.75, 3.05) is 56.7 Å². The molecule has 1 unspecified atom stereocenters. The normalized spacial score (nSPS) is 20.0. The van der Waals surface area contributed by atoms with Gasteiger partial charge in [-0.1, -0.05) is 31.4 Å². The van der Waals surface area contributed by atoms with Gasteiger partial charge in [-0.3, -0.25) is 0 Å². The minimum absolute atomic E-state index is 0.234. The van der Waals surface area contributed by atoms with Gasteiger partial charge in [0.2, 0.25) is 0 Å². The number of likely N-dealkylation sites (N-methyl/N-ethyl adjacent to an activating group) is 1. The molecule has 1 saturated carbocycles. The molecule has 2 heterocycles. The van der Waals surface area contributed by atoms with Crippen molar-refractivity contribution in [1.29, 1.82) is 0 Å². The number of nitrogens with zero attached hydrogens (tertiary/aromatic N) is 4. The number of aliphatic hydroxyl groups excluding tert-OH is 1. The van der Waals surface area contributed by atoms with Crippen LogP contribution in [0.15, 0.2) is 24.3 Å². The highest BCUT2D eigenvalue weighted by atomic mass is 16.5. The van der Waals surface area contributed by atoms with Gasteiger partial charge < -0.3 is 30.3 Å². The molecule has 1 saturated heterocycles. The van der Waals surface area contributed by atoms with Gasteiger partial charge in [-0.15, -0.1) is 0 Å². The molecule has 8 nitrogen and oxygen atoms in total. The summed E-state index contributed by atoms with van der Waals surface area (Å²) in [4.78, 5) is 15.1. The Morgan fingerprint density at radius 2 is 2.06 bits per heavy atom. The maximum absolute atomic E-state index is 10.0. The first-order chi connectivity index (χ1) is 17.0. The fourth-order valence-electron chi connectivity index (χ4n) is 5.25. The van der Waals surface area contributed by atoms with Crippen LogP contribution in [0.4, 0.5) is 11.6 Å². The molecule has 8 heteroatoms. The van der Waals surface area contributed by atoms with Gasteiger partial charge in [-0.2, -0.15) is 0 Å². The van der Waals surface area contributed by atoms with E-state index in [4.69, 9.17) is 14.7 Å². The number of ether oxygens (including phenoxy) is 1. The molecule has 35 heavy (non-hydrogen) atoms. The number of hydrogen-bond donors (Lipinski definition) is 3. The molecule has 2 aromatic rings. The zero-order valence-electron chi connectivity index (χ0n) is 21.8. The predicted octanol–water partition coefficient (Wildman–Crippen LogP) is 2.98. The molecule has 1 aliphatic heterocycles. The quantitative estimate of drug-likeness (QED) is 0.503. The number of anilines is 2. The van der Waals surface area contributed by atoms with Crippen molar-refractivity contribution >= 4 is 11.6 Å². The molecule has 1 aromatic heterocycles. The Morgan fingerprint density at radius 1 is 1.26 bits per heavy atom. The smallest absolute Gasteiger partial charge is 0.164 e. The van der Waals surface area contributed by atoms with E-state index in [1.165, 1.54) is 32.1 Å². The zero-order valence-corrected chi connectivity index (χ0v) is 21.8. The van der Waals surface area contributed by atoms with Crippen molar-refractivity contribution in [2.24, 2.45) is 0 Å². The summed E-state index contributed by atoms with van der Waals surface area (Å²) in [6.07, 6.45) is 5.77. The first kappa shape index (κ1) is 25.7. The van der Waals surface area contributed by atoms with Gasteiger partial charge in [0, 0.05) is 56.4 Å². The van der Waals surface area contributed by atoms with Gasteiger partial charge in [0.05, 0.1) is 0 Å². The summed E-state index contributed by atoms with van der Waals surface area (Å²) in [6, 6.07) is 8.78. The van der Waals surface area contributed by atoms with E-state index in [0.717, 1.165) is 48.2 Å². The van der Waals surface area contributed by atoms with Crippen LogP contribution in [0.25, 0.3) is 11.4 Å². The number of piperazine rings is 1. The Bertz CT molecular complexity index is 965. The summed E-state index contributed by atoms with van der Waals surface area (Å²) in [5.74, 6) is 3.48. The minimum Gasteiger partial charge on any atom is -0.491 e. The molecule has 0 bridgehead atoms. The van der Waals surface area contributed by atoms with Gasteiger partial charge in [-0.25, -0.2) is 9.97 Å². The largest absolute Gasteiger partial charge is 0.491 e. The summed E-state index contributed by atoms with van der Waals surface area (Å²) in [7, 11) is 4.01. The standard InChI is InChI=1S/C27H42N6O2/c1-19-16-29-13-14-33(19)27-20(2)26(32(4)22-10-6-5-7-11-22)30-25(31-27)21-9-8-12-24(15-21)35-18-23(34)17-28-3/h8-9,12,15,19,22-23,28-29,34H,5-7,10-11,13-14,16-18H2,1-4H3/t19-,23?/m0/s1.